The van der Waals surface area contributed by atoms with E-state index in [1.807, 2.05) is 0 Å². The maximum Gasteiger partial charge on any atom is 0.244 e. The van der Waals surface area contributed by atoms with E-state index in [1.54, 1.807) is 12.1 Å². The highest BCUT2D eigenvalue weighted by Crippen LogP contribution is 2.30. The predicted molar refractivity (Wildman–Crippen MR) is 58.4 cm³/mol. The zero-order chi connectivity index (χ0) is 11.2. The Kier molecular flexibility index (Phi) is 2.44. The number of ketones is 1. The molecule has 1 atom stereocenters. The number of benzene rings is 1. The van der Waals surface area contributed by atoms with Gasteiger partial charge in [0.25, 0.3) is 0 Å². The number of Topliss-reactive ketones (excluding diaryl/α,β-unsaturated/α-hetero) is 1. The lowest BCUT2D eigenvalue weighted by atomic mass is 10.1. The smallest absolute Gasteiger partial charge is 0.244 e. The van der Waals surface area contributed by atoms with Crippen molar-refractivity contribution in [1.29, 1.82) is 0 Å². The van der Waals surface area contributed by atoms with Gasteiger partial charge in [-0.05, 0) is 12.1 Å². The molecule has 0 saturated heterocycles. The Bertz CT molecular complexity index is 526. The molecular formula is C9H8BrNO3S. The molecule has 80 valence electrons. The van der Waals surface area contributed by atoms with Gasteiger partial charge in [0.1, 0.15) is 4.95 Å². The molecule has 0 saturated carbocycles. The summed E-state index contributed by atoms with van der Waals surface area (Å²) in [7, 11) is -2.16. The molecule has 1 aliphatic heterocycles. The average molecular weight is 290 g/mol. The van der Waals surface area contributed by atoms with Crippen molar-refractivity contribution in [1.82, 2.24) is 4.31 Å². The van der Waals surface area contributed by atoms with E-state index in [-0.39, 0.29) is 16.2 Å². The lowest BCUT2D eigenvalue weighted by Crippen LogP contribution is -2.43. The molecule has 1 aromatic rings. The number of alkyl halides is 1. The van der Waals surface area contributed by atoms with Crippen LogP contribution in [0.25, 0.3) is 0 Å². The number of sulfonamides is 1. The molecule has 1 aromatic carbocycles. The minimum Gasteiger partial charge on any atom is -0.291 e. The number of carbonyl (C=O) groups excluding carboxylic acids is 1. The molecule has 0 aromatic heterocycles. The summed E-state index contributed by atoms with van der Waals surface area (Å²) < 4.78 is 24.8. The van der Waals surface area contributed by atoms with E-state index in [2.05, 4.69) is 15.9 Å². The highest BCUT2D eigenvalue weighted by Gasteiger charge is 2.39. The van der Waals surface area contributed by atoms with Crippen LogP contribution in [0, 0.1) is 0 Å². The van der Waals surface area contributed by atoms with Crippen molar-refractivity contribution in [3.8, 4) is 0 Å². The van der Waals surface area contributed by atoms with E-state index in [4.69, 9.17) is 0 Å². The van der Waals surface area contributed by atoms with Crippen molar-refractivity contribution in [3.63, 3.8) is 0 Å². The van der Waals surface area contributed by atoms with Crippen molar-refractivity contribution in [2.24, 2.45) is 0 Å². The summed E-state index contributed by atoms with van der Waals surface area (Å²) in [5, 5.41) is 0. The van der Waals surface area contributed by atoms with Crippen LogP contribution in [0.3, 0.4) is 0 Å². The molecule has 0 fully saturated rings. The number of rotatable bonds is 0. The van der Waals surface area contributed by atoms with Gasteiger partial charge in [0.2, 0.25) is 10.0 Å². The first-order valence-corrected chi connectivity index (χ1v) is 6.57. The number of fused-ring (bicyclic) bond motifs is 1. The summed E-state index contributed by atoms with van der Waals surface area (Å²) in [4.78, 5) is 11.0. The Balaban J connectivity index is 2.78. The standard InChI is InChI=1S/C9H8BrNO3S/c1-11-9(10)8(12)6-4-2-3-5-7(6)15(11,13)14/h2-5,9H,1H3. The molecule has 6 heteroatoms. The summed E-state index contributed by atoms with van der Waals surface area (Å²) in [5.74, 6) is -0.233. The summed E-state index contributed by atoms with van der Waals surface area (Å²) in [6, 6.07) is 6.22. The van der Waals surface area contributed by atoms with Crippen molar-refractivity contribution < 1.29 is 13.2 Å². The van der Waals surface area contributed by atoms with Gasteiger partial charge < -0.3 is 0 Å². The lowest BCUT2D eigenvalue weighted by Gasteiger charge is -2.28. The molecule has 1 heterocycles. The largest absolute Gasteiger partial charge is 0.291 e. The van der Waals surface area contributed by atoms with Crippen LogP contribution in [0.1, 0.15) is 10.4 Å². The number of carbonyl (C=O) groups is 1. The molecule has 1 aliphatic rings. The molecule has 0 bridgehead atoms. The van der Waals surface area contributed by atoms with Crippen LogP contribution in [0.4, 0.5) is 0 Å². The lowest BCUT2D eigenvalue weighted by molar-refractivity contribution is 0.0949. The molecule has 15 heavy (non-hydrogen) atoms. The van der Waals surface area contributed by atoms with E-state index in [9.17, 15) is 13.2 Å². The van der Waals surface area contributed by atoms with E-state index in [0.717, 1.165) is 4.31 Å². The van der Waals surface area contributed by atoms with Crippen molar-refractivity contribution >= 4 is 31.7 Å². The molecule has 4 nitrogen and oxygen atoms in total. The Morgan fingerprint density at radius 3 is 2.60 bits per heavy atom. The fraction of sp³-hybridized carbons (Fsp3) is 0.222. The SMILES string of the molecule is CN1C(Br)C(=O)c2ccccc2S1(=O)=O. The summed E-state index contributed by atoms with van der Waals surface area (Å²) in [6.07, 6.45) is 0. The second-order valence-electron chi connectivity index (χ2n) is 3.22. The van der Waals surface area contributed by atoms with Gasteiger partial charge in [-0.1, -0.05) is 28.1 Å². The monoisotopic (exact) mass is 289 g/mol. The van der Waals surface area contributed by atoms with Crippen LogP contribution < -0.4 is 0 Å². The maximum atomic E-state index is 11.9. The molecule has 0 spiro atoms. The van der Waals surface area contributed by atoms with Crippen molar-refractivity contribution in [2.45, 2.75) is 9.85 Å². The Morgan fingerprint density at radius 2 is 1.93 bits per heavy atom. The number of hydrogen-bond acceptors (Lipinski definition) is 3. The van der Waals surface area contributed by atoms with Crippen molar-refractivity contribution in [3.05, 3.63) is 29.8 Å². The first kappa shape index (κ1) is 10.8. The second kappa shape index (κ2) is 3.40. The first-order valence-electron chi connectivity index (χ1n) is 4.21. The zero-order valence-corrected chi connectivity index (χ0v) is 10.2. The van der Waals surface area contributed by atoms with Gasteiger partial charge in [0, 0.05) is 12.6 Å². The summed E-state index contributed by atoms with van der Waals surface area (Å²) >= 11 is 3.06. The third-order valence-corrected chi connectivity index (χ3v) is 5.53. The number of halogens is 1. The normalized spacial score (nSPS) is 24.9. The van der Waals surface area contributed by atoms with Crippen LogP contribution >= 0.6 is 15.9 Å². The van der Waals surface area contributed by atoms with E-state index in [0.29, 0.717) is 0 Å². The van der Waals surface area contributed by atoms with Gasteiger partial charge in [-0.3, -0.25) is 4.79 Å². The van der Waals surface area contributed by atoms with Crippen LogP contribution in [0.5, 0.6) is 0 Å². The van der Waals surface area contributed by atoms with Crippen LogP contribution in [0.15, 0.2) is 29.2 Å². The second-order valence-corrected chi connectivity index (χ2v) is 6.05. The van der Waals surface area contributed by atoms with Gasteiger partial charge in [0.05, 0.1) is 4.90 Å². The van der Waals surface area contributed by atoms with Crippen LogP contribution in [0.2, 0.25) is 0 Å². The third kappa shape index (κ3) is 1.44. The summed E-state index contributed by atoms with van der Waals surface area (Å²) in [6.45, 7) is 0. The van der Waals surface area contributed by atoms with Gasteiger partial charge in [0.15, 0.2) is 5.78 Å². The van der Waals surface area contributed by atoms with Crippen LogP contribution in [-0.2, 0) is 10.0 Å². The maximum absolute atomic E-state index is 11.9. The Morgan fingerprint density at radius 1 is 1.33 bits per heavy atom. The number of hydrogen-bond donors (Lipinski definition) is 0. The van der Waals surface area contributed by atoms with Gasteiger partial charge in [-0.2, -0.15) is 4.31 Å². The minimum absolute atomic E-state index is 0.0770. The Labute approximate surface area is 96.1 Å². The topological polar surface area (TPSA) is 54.5 Å². The molecule has 1 unspecified atom stereocenters. The van der Waals surface area contributed by atoms with Crippen molar-refractivity contribution in [2.75, 3.05) is 7.05 Å². The molecule has 2 rings (SSSR count). The fourth-order valence-electron chi connectivity index (χ4n) is 1.47. The molecule has 0 aliphatic carbocycles. The zero-order valence-electron chi connectivity index (χ0n) is 7.84. The molecular weight excluding hydrogens is 282 g/mol. The first-order chi connectivity index (χ1) is 6.96. The van der Waals surface area contributed by atoms with E-state index < -0.39 is 15.0 Å². The fourth-order valence-corrected chi connectivity index (χ4v) is 3.72. The molecule has 0 amide bonds. The number of likely N-dealkylation sites (N-methyl/N-ethyl adjacent to an activating group) is 1. The minimum atomic E-state index is -3.54. The quantitative estimate of drug-likeness (QED) is 0.533. The highest BCUT2D eigenvalue weighted by atomic mass is 79.9. The summed E-state index contributed by atoms with van der Waals surface area (Å²) in [5.41, 5.74) is 0.248. The Hall–Kier alpha value is -0.720. The molecule has 0 N–H and O–H groups in total. The van der Waals surface area contributed by atoms with E-state index in [1.165, 1.54) is 19.2 Å². The number of nitrogens with zero attached hydrogens (tertiary/aromatic N) is 1. The van der Waals surface area contributed by atoms with Crippen LogP contribution in [-0.4, -0.2) is 30.5 Å². The van der Waals surface area contributed by atoms with Gasteiger partial charge in [-0.25, -0.2) is 8.42 Å². The van der Waals surface area contributed by atoms with E-state index >= 15 is 0 Å². The predicted octanol–water partition coefficient (Wildman–Crippen LogP) is 1.22. The molecule has 0 radical (unpaired) electrons. The average Bonchev–Trinajstić information content (AvgIpc) is 2.24. The van der Waals surface area contributed by atoms with Gasteiger partial charge >= 0.3 is 0 Å². The third-order valence-electron chi connectivity index (χ3n) is 2.35. The highest BCUT2D eigenvalue weighted by molar-refractivity contribution is 9.10. The van der Waals surface area contributed by atoms with Gasteiger partial charge in [-0.15, -0.1) is 0 Å².